The van der Waals surface area contributed by atoms with Gasteiger partial charge in [0.2, 0.25) is 5.91 Å². The Morgan fingerprint density at radius 2 is 2.15 bits per heavy atom. The molecule has 0 aromatic carbocycles. The zero-order chi connectivity index (χ0) is 14.7. The van der Waals surface area contributed by atoms with Gasteiger partial charge in [0.15, 0.2) is 0 Å². The molecule has 2 N–H and O–H groups in total. The Hall–Kier alpha value is -1.36. The molecule has 5 nitrogen and oxygen atoms in total. The van der Waals surface area contributed by atoms with Crippen molar-refractivity contribution in [3.8, 4) is 0 Å². The van der Waals surface area contributed by atoms with Crippen LogP contribution in [0, 0.1) is 13.8 Å². The first kappa shape index (κ1) is 15.0. The van der Waals surface area contributed by atoms with Crippen molar-refractivity contribution >= 4 is 5.91 Å². The molecule has 1 aromatic rings. The quantitative estimate of drug-likeness (QED) is 0.747. The van der Waals surface area contributed by atoms with Gasteiger partial charge in [-0.15, -0.1) is 0 Å². The molecule has 1 aromatic heterocycles. The van der Waals surface area contributed by atoms with Gasteiger partial charge in [0.25, 0.3) is 0 Å². The molecule has 1 aliphatic rings. The van der Waals surface area contributed by atoms with Gasteiger partial charge in [0, 0.05) is 36.8 Å². The normalized spacial score (nSPS) is 16.2. The predicted molar refractivity (Wildman–Crippen MR) is 79.5 cm³/mol. The first-order chi connectivity index (χ1) is 9.49. The molecule has 0 saturated heterocycles. The number of rotatable bonds is 7. The van der Waals surface area contributed by atoms with E-state index in [0.717, 1.165) is 31.5 Å². The molecule has 1 fully saturated rings. The van der Waals surface area contributed by atoms with E-state index in [9.17, 15) is 4.79 Å². The van der Waals surface area contributed by atoms with Crippen LogP contribution in [-0.2, 0) is 11.8 Å². The minimum atomic E-state index is 0.190. The van der Waals surface area contributed by atoms with Crippen LogP contribution in [0.4, 0.5) is 0 Å². The molecule has 112 valence electrons. The standard InChI is InChI=1S/C15H26N4O/c1-10(15-11(2)18-19(4)12(15)3)16-9-5-6-14(20)17-13-7-8-13/h10,13,16H,5-9H2,1-4H3,(H,17,20). The first-order valence-electron chi connectivity index (χ1n) is 7.52. The molecule has 0 spiro atoms. The number of hydrogen-bond donors (Lipinski definition) is 2. The van der Waals surface area contributed by atoms with Crippen molar-refractivity contribution in [2.24, 2.45) is 7.05 Å². The first-order valence-corrected chi connectivity index (χ1v) is 7.52. The van der Waals surface area contributed by atoms with E-state index in [4.69, 9.17) is 0 Å². The van der Waals surface area contributed by atoms with Crippen molar-refractivity contribution in [3.63, 3.8) is 0 Å². The molecule has 20 heavy (non-hydrogen) atoms. The number of nitrogens with zero attached hydrogens (tertiary/aromatic N) is 2. The molecular weight excluding hydrogens is 252 g/mol. The van der Waals surface area contributed by atoms with Gasteiger partial charge in [0.05, 0.1) is 5.69 Å². The van der Waals surface area contributed by atoms with Crippen molar-refractivity contribution < 1.29 is 4.79 Å². The van der Waals surface area contributed by atoms with Crippen molar-refractivity contribution in [2.45, 2.75) is 58.5 Å². The highest BCUT2D eigenvalue weighted by Gasteiger charge is 2.22. The highest BCUT2D eigenvalue weighted by molar-refractivity contribution is 5.76. The number of carbonyl (C=O) groups excluding carboxylic acids is 1. The van der Waals surface area contributed by atoms with E-state index in [1.165, 1.54) is 11.3 Å². The average Bonchev–Trinajstić information content (AvgIpc) is 3.14. The largest absolute Gasteiger partial charge is 0.353 e. The highest BCUT2D eigenvalue weighted by atomic mass is 16.1. The fourth-order valence-electron chi connectivity index (χ4n) is 2.61. The summed E-state index contributed by atoms with van der Waals surface area (Å²) in [5.41, 5.74) is 3.56. The second-order valence-corrected chi connectivity index (χ2v) is 5.83. The van der Waals surface area contributed by atoms with Crippen molar-refractivity contribution in [2.75, 3.05) is 6.54 Å². The van der Waals surface area contributed by atoms with Crippen molar-refractivity contribution in [3.05, 3.63) is 17.0 Å². The zero-order valence-electron chi connectivity index (χ0n) is 13.0. The van der Waals surface area contributed by atoms with E-state index in [-0.39, 0.29) is 11.9 Å². The van der Waals surface area contributed by atoms with Crippen LogP contribution in [0.15, 0.2) is 0 Å². The molecule has 1 heterocycles. The van der Waals surface area contributed by atoms with Gasteiger partial charge in [-0.3, -0.25) is 9.48 Å². The lowest BCUT2D eigenvalue weighted by molar-refractivity contribution is -0.121. The average molecular weight is 278 g/mol. The summed E-state index contributed by atoms with van der Waals surface area (Å²) in [6.45, 7) is 7.15. The monoisotopic (exact) mass is 278 g/mol. The van der Waals surface area contributed by atoms with Crippen LogP contribution in [0.2, 0.25) is 0 Å². The van der Waals surface area contributed by atoms with Crippen LogP contribution in [0.25, 0.3) is 0 Å². The van der Waals surface area contributed by atoms with Gasteiger partial charge >= 0.3 is 0 Å². The lowest BCUT2D eigenvalue weighted by atomic mass is 10.1. The molecular formula is C15H26N4O. The summed E-state index contributed by atoms with van der Waals surface area (Å²) in [6.07, 6.45) is 3.80. The van der Waals surface area contributed by atoms with Crippen LogP contribution >= 0.6 is 0 Å². The van der Waals surface area contributed by atoms with Gasteiger partial charge in [-0.25, -0.2) is 0 Å². The third-order valence-electron chi connectivity index (χ3n) is 3.97. The summed E-state index contributed by atoms with van der Waals surface area (Å²) in [7, 11) is 1.97. The number of nitrogens with one attached hydrogen (secondary N) is 2. The van der Waals surface area contributed by atoms with Gasteiger partial charge in [-0.05, 0) is 46.6 Å². The lowest BCUT2D eigenvalue weighted by Gasteiger charge is -2.14. The highest BCUT2D eigenvalue weighted by Crippen LogP contribution is 2.20. The minimum absolute atomic E-state index is 0.190. The summed E-state index contributed by atoms with van der Waals surface area (Å²) >= 11 is 0. The number of aromatic nitrogens is 2. The predicted octanol–water partition coefficient (Wildman–Crippen LogP) is 1.75. The summed E-state index contributed by atoms with van der Waals surface area (Å²) in [4.78, 5) is 11.6. The fourth-order valence-corrected chi connectivity index (χ4v) is 2.61. The van der Waals surface area contributed by atoms with E-state index >= 15 is 0 Å². The summed E-state index contributed by atoms with van der Waals surface area (Å²) < 4.78 is 1.92. The van der Waals surface area contributed by atoms with Gasteiger partial charge in [0.1, 0.15) is 0 Å². The molecule has 5 heteroatoms. The maximum atomic E-state index is 11.6. The number of hydrogen-bond acceptors (Lipinski definition) is 3. The second-order valence-electron chi connectivity index (χ2n) is 5.83. The number of amides is 1. The van der Waals surface area contributed by atoms with Crippen LogP contribution in [0.3, 0.4) is 0 Å². The Morgan fingerprint density at radius 3 is 2.70 bits per heavy atom. The molecule has 1 aliphatic carbocycles. The van der Waals surface area contributed by atoms with Gasteiger partial charge < -0.3 is 10.6 Å². The SMILES string of the molecule is Cc1nn(C)c(C)c1C(C)NCCCC(=O)NC1CC1. The summed E-state index contributed by atoms with van der Waals surface area (Å²) in [6, 6.07) is 0.741. The van der Waals surface area contributed by atoms with E-state index in [0.29, 0.717) is 12.5 Å². The number of carbonyl (C=O) groups is 1. The Morgan fingerprint density at radius 1 is 1.45 bits per heavy atom. The van der Waals surface area contributed by atoms with E-state index in [1.807, 2.05) is 18.7 Å². The van der Waals surface area contributed by atoms with E-state index < -0.39 is 0 Å². The molecule has 0 bridgehead atoms. The molecule has 1 atom stereocenters. The van der Waals surface area contributed by atoms with Crippen LogP contribution in [0.1, 0.15) is 55.6 Å². The fraction of sp³-hybridized carbons (Fsp3) is 0.733. The summed E-state index contributed by atoms with van der Waals surface area (Å²) in [5.74, 6) is 0.190. The molecule has 1 unspecified atom stereocenters. The zero-order valence-corrected chi connectivity index (χ0v) is 13.0. The van der Waals surface area contributed by atoms with E-state index in [1.54, 1.807) is 0 Å². The van der Waals surface area contributed by atoms with Gasteiger partial charge in [-0.1, -0.05) is 0 Å². The Balaban J connectivity index is 1.71. The Labute approximate surface area is 121 Å². The second kappa shape index (κ2) is 6.39. The van der Waals surface area contributed by atoms with Crippen LogP contribution < -0.4 is 10.6 Å². The minimum Gasteiger partial charge on any atom is -0.353 e. The molecule has 1 saturated carbocycles. The Kier molecular flexibility index (Phi) is 4.81. The molecule has 1 amide bonds. The third kappa shape index (κ3) is 3.82. The van der Waals surface area contributed by atoms with Crippen molar-refractivity contribution in [1.82, 2.24) is 20.4 Å². The molecule has 2 rings (SSSR count). The maximum Gasteiger partial charge on any atom is 0.220 e. The third-order valence-corrected chi connectivity index (χ3v) is 3.97. The van der Waals surface area contributed by atoms with Crippen LogP contribution in [0.5, 0.6) is 0 Å². The lowest BCUT2D eigenvalue weighted by Crippen LogP contribution is -2.27. The molecule has 0 aliphatic heterocycles. The molecule has 0 radical (unpaired) electrons. The van der Waals surface area contributed by atoms with Crippen LogP contribution in [-0.4, -0.2) is 28.3 Å². The van der Waals surface area contributed by atoms with E-state index in [2.05, 4.69) is 29.6 Å². The van der Waals surface area contributed by atoms with Gasteiger partial charge in [-0.2, -0.15) is 5.10 Å². The number of aryl methyl sites for hydroxylation is 2. The smallest absolute Gasteiger partial charge is 0.220 e. The summed E-state index contributed by atoms with van der Waals surface area (Å²) in [5, 5.41) is 10.9. The Bertz CT molecular complexity index is 476. The van der Waals surface area contributed by atoms with Crippen molar-refractivity contribution in [1.29, 1.82) is 0 Å². The topological polar surface area (TPSA) is 59.0 Å². The maximum absolute atomic E-state index is 11.6.